The summed E-state index contributed by atoms with van der Waals surface area (Å²) >= 11 is 0. The highest BCUT2D eigenvalue weighted by Crippen LogP contribution is 2.20. The van der Waals surface area contributed by atoms with Crippen LogP contribution in [0.1, 0.15) is 38.5 Å². The number of carbonyl (C=O) groups excluding carboxylic acids is 2. The lowest BCUT2D eigenvalue weighted by Gasteiger charge is -2.33. The van der Waals surface area contributed by atoms with Gasteiger partial charge in [0.25, 0.3) is 0 Å². The summed E-state index contributed by atoms with van der Waals surface area (Å²) in [6.07, 6.45) is 23.0. The van der Waals surface area contributed by atoms with Crippen LogP contribution in [0.25, 0.3) is 0 Å². The highest BCUT2D eigenvalue weighted by Gasteiger charge is 2.22. The van der Waals surface area contributed by atoms with Crippen molar-refractivity contribution in [1.82, 2.24) is 9.80 Å². The summed E-state index contributed by atoms with van der Waals surface area (Å²) in [5, 5.41) is 0. The molecule has 0 aromatic carbocycles. The van der Waals surface area contributed by atoms with E-state index in [9.17, 15) is 9.59 Å². The van der Waals surface area contributed by atoms with E-state index >= 15 is 0 Å². The molecule has 0 aromatic heterocycles. The van der Waals surface area contributed by atoms with Crippen LogP contribution >= 0.6 is 0 Å². The number of hydrogen-bond donors (Lipinski definition) is 0. The lowest BCUT2D eigenvalue weighted by atomic mass is 9.94. The van der Waals surface area contributed by atoms with Crippen molar-refractivity contribution in [3.63, 3.8) is 0 Å². The monoisotopic (exact) mass is 354 g/mol. The maximum absolute atomic E-state index is 12.3. The summed E-state index contributed by atoms with van der Waals surface area (Å²) in [5.74, 6) is 1.14. The number of carbonyl (C=O) groups is 2. The molecule has 4 heteroatoms. The van der Waals surface area contributed by atoms with Crippen molar-refractivity contribution >= 4 is 11.8 Å². The summed E-state index contributed by atoms with van der Waals surface area (Å²) in [6.45, 7) is 2.50. The van der Waals surface area contributed by atoms with Crippen LogP contribution in [0.4, 0.5) is 0 Å². The highest BCUT2D eigenvalue weighted by molar-refractivity contribution is 5.89. The fraction of sp³-hybridized carbons (Fsp3) is 0.545. The summed E-state index contributed by atoms with van der Waals surface area (Å²) in [7, 11) is 0. The molecule has 0 aromatic rings. The van der Waals surface area contributed by atoms with E-state index in [1.54, 1.807) is 12.2 Å². The van der Waals surface area contributed by atoms with Gasteiger partial charge in [0.2, 0.25) is 11.8 Å². The summed E-state index contributed by atoms with van der Waals surface area (Å²) in [5.41, 5.74) is 0. The topological polar surface area (TPSA) is 40.6 Å². The van der Waals surface area contributed by atoms with Crippen molar-refractivity contribution in [3.8, 4) is 0 Å². The molecule has 2 aliphatic carbocycles. The predicted molar refractivity (Wildman–Crippen MR) is 104 cm³/mol. The molecule has 3 aliphatic rings. The molecule has 4 nitrogen and oxygen atoms in total. The van der Waals surface area contributed by atoms with Gasteiger partial charge < -0.3 is 9.80 Å². The molecule has 3 rings (SSSR count). The molecule has 1 saturated heterocycles. The molecule has 140 valence electrons. The van der Waals surface area contributed by atoms with Gasteiger partial charge in [0.15, 0.2) is 0 Å². The van der Waals surface area contributed by atoms with E-state index in [2.05, 4.69) is 36.5 Å². The van der Waals surface area contributed by atoms with Crippen LogP contribution < -0.4 is 0 Å². The van der Waals surface area contributed by atoms with E-state index in [0.717, 1.165) is 38.5 Å². The number of rotatable bonds is 4. The summed E-state index contributed by atoms with van der Waals surface area (Å²) < 4.78 is 0. The standard InChI is InChI=1S/C22H30N2O2/c25-21(13-11-19-7-3-1-4-8-19)23-15-17-24(18-16-23)22(26)14-12-20-9-5-2-6-10-20/h1-3,5,11-14,19-20H,4,6-10,15-18H2. The molecule has 0 bridgehead atoms. The minimum absolute atomic E-state index is 0.0798. The van der Waals surface area contributed by atoms with E-state index in [0.29, 0.717) is 38.0 Å². The Kier molecular flexibility index (Phi) is 6.87. The van der Waals surface area contributed by atoms with Gasteiger partial charge in [-0.3, -0.25) is 9.59 Å². The second kappa shape index (κ2) is 9.56. The van der Waals surface area contributed by atoms with Crippen LogP contribution in [0.15, 0.2) is 48.6 Å². The smallest absolute Gasteiger partial charge is 0.246 e. The van der Waals surface area contributed by atoms with Crippen LogP contribution in [-0.2, 0) is 9.59 Å². The molecule has 2 atom stereocenters. The Morgan fingerprint density at radius 3 is 1.46 bits per heavy atom. The zero-order chi connectivity index (χ0) is 18.2. The van der Waals surface area contributed by atoms with Gasteiger partial charge in [0.05, 0.1) is 0 Å². The van der Waals surface area contributed by atoms with Crippen molar-refractivity contribution in [2.24, 2.45) is 11.8 Å². The maximum Gasteiger partial charge on any atom is 0.246 e. The second-order valence-corrected chi connectivity index (χ2v) is 7.46. The SMILES string of the molecule is O=C(C=CC1CC=CCC1)N1CCN(C(=O)C=CC2CC=CCC2)CC1. The van der Waals surface area contributed by atoms with Gasteiger partial charge in [-0.15, -0.1) is 0 Å². The first-order valence-corrected chi connectivity index (χ1v) is 9.96. The quantitative estimate of drug-likeness (QED) is 0.573. The molecule has 1 heterocycles. The Labute approximate surface area is 156 Å². The molecular weight excluding hydrogens is 324 g/mol. The normalized spacial score (nSPS) is 26.8. The third-order valence-electron chi connectivity index (χ3n) is 5.54. The van der Waals surface area contributed by atoms with Crippen molar-refractivity contribution in [3.05, 3.63) is 48.6 Å². The molecule has 0 spiro atoms. The van der Waals surface area contributed by atoms with Crippen LogP contribution in [0.2, 0.25) is 0 Å². The lowest BCUT2D eigenvalue weighted by molar-refractivity contribution is -0.134. The molecular formula is C22H30N2O2. The number of nitrogens with zero attached hydrogens (tertiary/aromatic N) is 2. The van der Waals surface area contributed by atoms with Crippen LogP contribution in [0, 0.1) is 11.8 Å². The van der Waals surface area contributed by atoms with E-state index < -0.39 is 0 Å². The fourth-order valence-electron chi connectivity index (χ4n) is 3.78. The first kappa shape index (κ1) is 18.7. The Balaban J connectivity index is 1.41. The number of piperazine rings is 1. The highest BCUT2D eigenvalue weighted by atomic mass is 16.2. The third-order valence-corrected chi connectivity index (χ3v) is 5.54. The van der Waals surface area contributed by atoms with Crippen molar-refractivity contribution in [1.29, 1.82) is 0 Å². The van der Waals surface area contributed by atoms with E-state index in [1.165, 1.54) is 0 Å². The maximum atomic E-state index is 12.3. The van der Waals surface area contributed by atoms with Gasteiger partial charge in [-0.05, 0) is 62.5 Å². The van der Waals surface area contributed by atoms with Gasteiger partial charge in [-0.2, -0.15) is 0 Å². The molecule has 2 unspecified atom stereocenters. The minimum Gasteiger partial charge on any atom is -0.336 e. The Bertz CT molecular complexity index is 556. The lowest BCUT2D eigenvalue weighted by Crippen LogP contribution is -2.49. The van der Waals surface area contributed by atoms with Gasteiger partial charge >= 0.3 is 0 Å². The van der Waals surface area contributed by atoms with Crippen LogP contribution in [0.3, 0.4) is 0 Å². The van der Waals surface area contributed by atoms with Gasteiger partial charge in [0, 0.05) is 26.2 Å². The minimum atomic E-state index is 0.0798. The van der Waals surface area contributed by atoms with Crippen molar-refractivity contribution in [2.75, 3.05) is 26.2 Å². The summed E-state index contributed by atoms with van der Waals surface area (Å²) in [4.78, 5) is 28.4. The van der Waals surface area contributed by atoms with E-state index in [1.807, 2.05) is 9.80 Å². The first-order valence-electron chi connectivity index (χ1n) is 9.96. The molecule has 1 aliphatic heterocycles. The second-order valence-electron chi connectivity index (χ2n) is 7.46. The number of allylic oxidation sites excluding steroid dienone is 6. The Morgan fingerprint density at radius 1 is 0.692 bits per heavy atom. The van der Waals surface area contributed by atoms with Gasteiger partial charge in [-0.25, -0.2) is 0 Å². The number of hydrogen-bond acceptors (Lipinski definition) is 2. The molecule has 1 fully saturated rings. The van der Waals surface area contributed by atoms with E-state index in [4.69, 9.17) is 0 Å². The third kappa shape index (κ3) is 5.45. The fourth-order valence-corrected chi connectivity index (χ4v) is 3.78. The predicted octanol–water partition coefficient (Wildman–Crippen LogP) is 3.48. The zero-order valence-corrected chi connectivity index (χ0v) is 15.6. The molecule has 0 radical (unpaired) electrons. The molecule has 26 heavy (non-hydrogen) atoms. The Morgan fingerprint density at radius 2 is 1.12 bits per heavy atom. The molecule has 0 saturated carbocycles. The molecule has 0 N–H and O–H groups in total. The first-order chi connectivity index (χ1) is 12.7. The average Bonchev–Trinajstić information content (AvgIpc) is 2.72. The number of amides is 2. The Hall–Kier alpha value is -2.10. The molecule has 2 amide bonds. The summed E-state index contributed by atoms with van der Waals surface area (Å²) in [6, 6.07) is 0. The van der Waals surface area contributed by atoms with Crippen LogP contribution in [-0.4, -0.2) is 47.8 Å². The average molecular weight is 354 g/mol. The van der Waals surface area contributed by atoms with Gasteiger partial charge in [0.1, 0.15) is 0 Å². The van der Waals surface area contributed by atoms with Crippen LogP contribution in [0.5, 0.6) is 0 Å². The van der Waals surface area contributed by atoms with Crippen molar-refractivity contribution in [2.45, 2.75) is 38.5 Å². The largest absolute Gasteiger partial charge is 0.336 e. The van der Waals surface area contributed by atoms with Crippen molar-refractivity contribution < 1.29 is 9.59 Å². The zero-order valence-electron chi connectivity index (χ0n) is 15.6. The van der Waals surface area contributed by atoms with E-state index in [-0.39, 0.29) is 11.8 Å². The van der Waals surface area contributed by atoms with Gasteiger partial charge in [-0.1, -0.05) is 36.5 Å².